The Hall–Kier alpha value is -3.62. The fraction of sp³-hybridized carbons (Fsp3) is 0.444. The third-order valence-corrected chi connectivity index (χ3v) is 6.98. The number of nitrogens with zero attached hydrogens (tertiary/aromatic N) is 3. The zero-order valence-corrected chi connectivity index (χ0v) is 21.0. The summed E-state index contributed by atoms with van der Waals surface area (Å²) in [6.07, 6.45) is 0.559. The predicted molar refractivity (Wildman–Crippen MR) is 132 cm³/mol. The highest BCUT2D eigenvalue weighted by molar-refractivity contribution is 5.93. The first-order chi connectivity index (χ1) is 18.3. The zero-order chi connectivity index (χ0) is 27.2. The number of likely N-dealkylation sites (tertiary alicyclic amines) is 1. The molecule has 2 aliphatic heterocycles. The van der Waals surface area contributed by atoms with Gasteiger partial charge in [0.1, 0.15) is 11.9 Å². The molecule has 4 rings (SSSR count). The van der Waals surface area contributed by atoms with E-state index in [-0.39, 0.29) is 18.1 Å². The van der Waals surface area contributed by atoms with Crippen molar-refractivity contribution in [3.8, 4) is 0 Å². The van der Waals surface area contributed by atoms with Crippen molar-refractivity contribution in [2.24, 2.45) is 0 Å². The summed E-state index contributed by atoms with van der Waals surface area (Å²) in [4.78, 5) is 32.0. The number of cyclic esters (lactones) is 1. The normalized spacial score (nSPS) is 20.3. The summed E-state index contributed by atoms with van der Waals surface area (Å²) in [6, 6.07) is 5.91. The van der Waals surface area contributed by atoms with E-state index in [4.69, 9.17) is 16.0 Å². The van der Waals surface area contributed by atoms with E-state index in [0.29, 0.717) is 18.7 Å². The largest absolute Gasteiger partial charge is 0.441 e. The standard InChI is InChI=1S/C27H29F3N4O4/c1-31-23-15-19(28)5-6-20(23)17-8-12-33(13-9-17)11-3-10-32-26(35)34-25(24(16-37-2)38-27(34)36)18-4-7-21(29)22(30)14-18/h4-7,14-15,17,24-25H,3,8-13,16H2,2H3,(H,32,35). The van der Waals surface area contributed by atoms with Gasteiger partial charge in [0.2, 0.25) is 0 Å². The summed E-state index contributed by atoms with van der Waals surface area (Å²) in [5.41, 5.74) is 1.46. The van der Waals surface area contributed by atoms with Crippen LogP contribution in [-0.4, -0.2) is 67.9 Å². The van der Waals surface area contributed by atoms with Crippen LogP contribution in [0, 0.1) is 24.0 Å². The number of urea groups is 1. The van der Waals surface area contributed by atoms with Crippen LogP contribution < -0.4 is 5.32 Å². The number of benzene rings is 2. The molecule has 2 fully saturated rings. The SMILES string of the molecule is [C-]#[N+]c1cc(F)ccc1C1CCN(CCCNC(=O)N2C(=O)OC(COC)C2c2ccc(F)c(F)c2)CC1. The number of hydrogen-bond donors (Lipinski definition) is 1. The lowest BCUT2D eigenvalue weighted by molar-refractivity contribution is 0.0584. The summed E-state index contributed by atoms with van der Waals surface area (Å²) < 4.78 is 51.2. The number of amides is 3. The van der Waals surface area contributed by atoms with Gasteiger partial charge in [0, 0.05) is 13.7 Å². The van der Waals surface area contributed by atoms with Crippen molar-refractivity contribution in [3.05, 3.63) is 76.4 Å². The van der Waals surface area contributed by atoms with Crippen molar-refractivity contribution >= 4 is 17.8 Å². The molecular formula is C27H29F3N4O4. The van der Waals surface area contributed by atoms with E-state index >= 15 is 0 Å². The van der Waals surface area contributed by atoms with Gasteiger partial charge in [-0.1, -0.05) is 12.1 Å². The lowest BCUT2D eigenvalue weighted by Crippen LogP contribution is -2.44. The number of ether oxygens (including phenoxy) is 2. The molecule has 2 unspecified atom stereocenters. The monoisotopic (exact) mass is 530 g/mol. The van der Waals surface area contributed by atoms with Crippen LogP contribution in [-0.2, 0) is 9.47 Å². The number of nitrogens with one attached hydrogen (secondary N) is 1. The van der Waals surface area contributed by atoms with Gasteiger partial charge >= 0.3 is 12.1 Å². The van der Waals surface area contributed by atoms with Gasteiger partial charge < -0.3 is 19.7 Å². The van der Waals surface area contributed by atoms with Crippen LogP contribution in [0.15, 0.2) is 36.4 Å². The molecule has 202 valence electrons. The number of hydrogen-bond acceptors (Lipinski definition) is 5. The van der Waals surface area contributed by atoms with E-state index in [1.807, 2.05) is 0 Å². The molecule has 0 saturated carbocycles. The molecule has 2 atom stereocenters. The highest BCUT2D eigenvalue weighted by Crippen LogP contribution is 2.36. The van der Waals surface area contributed by atoms with E-state index in [1.54, 1.807) is 6.07 Å². The van der Waals surface area contributed by atoms with Crippen molar-refractivity contribution in [3.63, 3.8) is 0 Å². The molecule has 0 radical (unpaired) electrons. The molecule has 2 aromatic carbocycles. The lowest BCUT2D eigenvalue weighted by atomic mass is 9.88. The molecule has 0 aromatic heterocycles. The van der Waals surface area contributed by atoms with Crippen molar-refractivity contribution < 1.29 is 32.2 Å². The molecule has 38 heavy (non-hydrogen) atoms. The maximum Gasteiger partial charge on any atom is 0.419 e. The first-order valence-electron chi connectivity index (χ1n) is 12.4. The molecule has 0 aliphatic carbocycles. The van der Waals surface area contributed by atoms with E-state index < -0.39 is 41.7 Å². The highest BCUT2D eigenvalue weighted by Gasteiger charge is 2.46. The van der Waals surface area contributed by atoms with Crippen LogP contribution in [0.1, 0.15) is 42.3 Å². The summed E-state index contributed by atoms with van der Waals surface area (Å²) in [6.45, 7) is 9.92. The number of carbonyl (C=O) groups excluding carboxylic acids is 2. The average molecular weight is 531 g/mol. The van der Waals surface area contributed by atoms with Gasteiger partial charge in [0.05, 0.1) is 13.2 Å². The Morgan fingerprint density at radius 3 is 2.61 bits per heavy atom. The minimum absolute atomic E-state index is 0.0234. The van der Waals surface area contributed by atoms with Crippen molar-refractivity contribution in [2.45, 2.75) is 37.3 Å². The number of imide groups is 1. The third kappa shape index (κ3) is 6.09. The van der Waals surface area contributed by atoms with Crippen molar-refractivity contribution in [2.75, 3.05) is 39.9 Å². The fourth-order valence-electron chi connectivity index (χ4n) is 5.10. The predicted octanol–water partition coefficient (Wildman–Crippen LogP) is 5.14. The zero-order valence-electron chi connectivity index (χ0n) is 21.0. The Labute approximate surface area is 219 Å². The quantitative estimate of drug-likeness (QED) is 0.378. The van der Waals surface area contributed by atoms with Gasteiger partial charge in [0.15, 0.2) is 23.4 Å². The van der Waals surface area contributed by atoms with Crippen LogP contribution in [0.5, 0.6) is 0 Å². The van der Waals surface area contributed by atoms with Crippen molar-refractivity contribution in [1.82, 2.24) is 15.1 Å². The first-order valence-corrected chi connectivity index (χ1v) is 12.4. The summed E-state index contributed by atoms with van der Waals surface area (Å²) in [5.74, 6) is -2.34. The second kappa shape index (κ2) is 12.3. The van der Waals surface area contributed by atoms with E-state index in [0.717, 1.165) is 55.1 Å². The maximum absolute atomic E-state index is 13.9. The number of piperidine rings is 1. The number of halogens is 3. The highest BCUT2D eigenvalue weighted by atomic mass is 19.2. The lowest BCUT2D eigenvalue weighted by Gasteiger charge is -2.32. The Balaban J connectivity index is 1.29. The van der Waals surface area contributed by atoms with E-state index in [1.165, 1.54) is 25.3 Å². The Morgan fingerprint density at radius 1 is 1.16 bits per heavy atom. The topological polar surface area (TPSA) is 75.5 Å². The van der Waals surface area contributed by atoms with Crippen LogP contribution in [0.2, 0.25) is 0 Å². The van der Waals surface area contributed by atoms with Crippen LogP contribution in [0.3, 0.4) is 0 Å². The third-order valence-electron chi connectivity index (χ3n) is 6.98. The minimum Gasteiger partial charge on any atom is -0.441 e. The second-order valence-electron chi connectivity index (χ2n) is 9.38. The fourth-order valence-corrected chi connectivity index (χ4v) is 5.10. The Morgan fingerprint density at radius 2 is 1.92 bits per heavy atom. The number of methoxy groups -OCH3 is 1. The van der Waals surface area contributed by atoms with E-state index in [9.17, 15) is 22.8 Å². The number of carbonyl (C=O) groups is 2. The van der Waals surface area contributed by atoms with Gasteiger partial charge in [-0.2, -0.15) is 0 Å². The van der Waals surface area contributed by atoms with Gasteiger partial charge in [-0.15, -0.1) is 0 Å². The van der Waals surface area contributed by atoms with Crippen LogP contribution in [0.25, 0.3) is 4.85 Å². The number of rotatable bonds is 8. The molecule has 11 heteroatoms. The van der Waals surface area contributed by atoms with Gasteiger partial charge in [-0.25, -0.2) is 32.5 Å². The smallest absolute Gasteiger partial charge is 0.419 e. The molecular weight excluding hydrogens is 501 g/mol. The molecule has 2 saturated heterocycles. The molecule has 8 nitrogen and oxygen atoms in total. The van der Waals surface area contributed by atoms with Gasteiger partial charge in [-0.3, -0.25) is 0 Å². The molecule has 2 heterocycles. The first kappa shape index (κ1) is 27.4. The molecule has 0 bridgehead atoms. The van der Waals surface area contributed by atoms with Gasteiger partial charge in [0.25, 0.3) is 0 Å². The molecule has 2 aliphatic rings. The second-order valence-corrected chi connectivity index (χ2v) is 9.38. The van der Waals surface area contributed by atoms with Gasteiger partial charge in [-0.05, 0) is 80.2 Å². The van der Waals surface area contributed by atoms with Crippen molar-refractivity contribution in [1.29, 1.82) is 0 Å². The van der Waals surface area contributed by atoms with Crippen LogP contribution >= 0.6 is 0 Å². The van der Waals surface area contributed by atoms with E-state index in [2.05, 4.69) is 15.1 Å². The summed E-state index contributed by atoms with van der Waals surface area (Å²) in [7, 11) is 1.41. The minimum atomic E-state index is -1.09. The molecule has 3 amide bonds. The van der Waals surface area contributed by atoms with Crippen LogP contribution in [0.4, 0.5) is 28.4 Å². The summed E-state index contributed by atoms with van der Waals surface area (Å²) in [5, 5.41) is 2.72. The Kier molecular flexibility index (Phi) is 8.86. The molecule has 1 N–H and O–H groups in total. The molecule has 0 spiro atoms. The molecule has 2 aromatic rings. The average Bonchev–Trinajstić information content (AvgIpc) is 3.24. The Bertz CT molecular complexity index is 1210. The summed E-state index contributed by atoms with van der Waals surface area (Å²) >= 11 is 0. The maximum atomic E-state index is 13.9.